The summed E-state index contributed by atoms with van der Waals surface area (Å²) in [6.07, 6.45) is 1.65. The van der Waals surface area contributed by atoms with E-state index in [0.717, 1.165) is 10.0 Å². The van der Waals surface area contributed by atoms with Crippen molar-refractivity contribution in [2.45, 2.75) is 6.54 Å². The molecule has 1 aromatic carbocycles. The lowest BCUT2D eigenvalue weighted by atomic mass is 10.2. The number of hydrogen-bond donors (Lipinski definition) is 1. The summed E-state index contributed by atoms with van der Waals surface area (Å²) in [5.41, 5.74) is 1.10. The predicted molar refractivity (Wildman–Crippen MR) is 86.8 cm³/mol. The summed E-state index contributed by atoms with van der Waals surface area (Å²) < 4.78 is 12.8. The first kappa shape index (κ1) is 16.7. The Morgan fingerprint density at radius 1 is 1.27 bits per heavy atom. The number of benzene rings is 1. The molecule has 0 aliphatic heterocycles. The Morgan fingerprint density at radius 3 is 2.77 bits per heavy atom. The molecule has 0 aliphatic rings. The number of ether oxygens (including phenoxy) is 2. The number of nitrogens with zero attached hydrogens (tertiary/aromatic N) is 2. The molecule has 22 heavy (non-hydrogen) atoms. The number of carbonyl (C=O) groups is 1. The number of carbonyl (C=O) groups excluding carboxylic acids is 1. The highest BCUT2D eigenvalue weighted by molar-refractivity contribution is 9.10. The fraction of sp³-hybridized carbons (Fsp3) is 0.333. The zero-order chi connectivity index (χ0) is 15.8. The first-order chi connectivity index (χ1) is 10.7. The molecular weight excluding hydrogens is 350 g/mol. The van der Waals surface area contributed by atoms with Crippen LogP contribution in [0.25, 0.3) is 0 Å². The van der Waals surface area contributed by atoms with E-state index in [4.69, 9.17) is 9.47 Å². The summed E-state index contributed by atoms with van der Waals surface area (Å²) >= 11 is 3.40. The summed E-state index contributed by atoms with van der Waals surface area (Å²) in [4.78, 5) is 11.8. The molecule has 0 atom stereocenters. The highest BCUT2D eigenvalue weighted by Gasteiger charge is 2.08. The number of anilines is 1. The minimum absolute atomic E-state index is 0.00712. The Kier molecular flexibility index (Phi) is 6.57. The largest absolute Gasteiger partial charge is 0.382 e. The summed E-state index contributed by atoms with van der Waals surface area (Å²) in [5.74, 6) is 0.428. The van der Waals surface area contributed by atoms with E-state index in [1.54, 1.807) is 24.1 Å². The molecule has 0 unspecified atom stereocenters. The molecule has 0 radical (unpaired) electrons. The Balaban J connectivity index is 1.89. The van der Waals surface area contributed by atoms with Crippen LogP contribution in [-0.2, 0) is 20.8 Å². The molecule has 1 amide bonds. The van der Waals surface area contributed by atoms with Crippen LogP contribution in [0.15, 0.2) is 41.0 Å². The van der Waals surface area contributed by atoms with Gasteiger partial charge in [0, 0.05) is 17.6 Å². The molecule has 1 aromatic heterocycles. The first-order valence-electron chi connectivity index (χ1n) is 6.82. The summed E-state index contributed by atoms with van der Waals surface area (Å²) in [5, 5.41) is 7.01. The molecular formula is C15H18BrN3O3. The van der Waals surface area contributed by atoms with E-state index in [-0.39, 0.29) is 12.5 Å². The van der Waals surface area contributed by atoms with Crippen LogP contribution in [0, 0.1) is 0 Å². The van der Waals surface area contributed by atoms with Gasteiger partial charge in [-0.05, 0) is 17.7 Å². The quantitative estimate of drug-likeness (QED) is 0.727. The molecule has 2 aromatic rings. The van der Waals surface area contributed by atoms with Gasteiger partial charge in [0.1, 0.15) is 12.4 Å². The lowest BCUT2D eigenvalue weighted by molar-refractivity contribution is -0.121. The second-order valence-corrected chi connectivity index (χ2v) is 5.51. The van der Waals surface area contributed by atoms with Crippen LogP contribution in [0.3, 0.4) is 0 Å². The lowest BCUT2D eigenvalue weighted by Gasteiger charge is -2.09. The Labute approximate surface area is 137 Å². The lowest BCUT2D eigenvalue weighted by Crippen LogP contribution is -2.21. The standard InChI is InChI=1S/C15H18BrN3O3/c1-21-8-9-22-11-15(20)18-14-6-7-17-19(14)10-12-2-4-13(16)5-3-12/h2-7H,8-11H2,1H3,(H,18,20). The summed E-state index contributed by atoms with van der Waals surface area (Å²) in [6.45, 7) is 1.43. The van der Waals surface area contributed by atoms with Crippen molar-refractivity contribution in [1.29, 1.82) is 0 Å². The molecule has 0 saturated carbocycles. The fourth-order valence-corrected chi connectivity index (χ4v) is 2.08. The monoisotopic (exact) mass is 367 g/mol. The van der Waals surface area contributed by atoms with Gasteiger partial charge in [0.25, 0.3) is 5.91 Å². The minimum atomic E-state index is -0.214. The number of hydrogen-bond acceptors (Lipinski definition) is 4. The smallest absolute Gasteiger partial charge is 0.251 e. The van der Waals surface area contributed by atoms with E-state index < -0.39 is 0 Å². The third-order valence-electron chi connectivity index (χ3n) is 2.89. The average Bonchev–Trinajstić information content (AvgIpc) is 2.93. The maximum absolute atomic E-state index is 11.8. The fourth-order valence-electron chi connectivity index (χ4n) is 1.81. The van der Waals surface area contributed by atoms with E-state index >= 15 is 0 Å². The van der Waals surface area contributed by atoms with Crippen LogP contribution in [0.1, 0.15) is 5.56 Å². The van der Waals surface area contributed by atoms with Crippen molar-refractivity contribution in [3.8, 4) is 0 Å². The van der Waals surface area contributed by atoms with Gasteiger partial charge in [0.15, 0.2) is 0 Å². The highest BCUT2D eigenvalue weighted by Crippen LogP contribution is 2.14. The molecule has 0 spiro atoms. The molecule has 7 heteroatoms. The van der Waals surface area contributed by atoms with Crippen molar-refractivity contribution in [3.63, 3.8) is 0 Å². The molecule has 1 N–H and O–H groups in total. The Morgan fingerprint density at radius 2 is 2.05 bits per heavy atom. The number of methoxy groups -OCH3 is 1. The van der Waals surface area contributed by atoms with E-state index in [0.29, 0.717) is 25.6 Å². The third-order valence-corrected chi connectivity index (χ3v) is 3.42. The zero-order valence-electron chi connectivity index (χ0n) is 12.3. The molecule has 118 valence electrons. The zero-order valence-corrected chi connectivity index (χ0v) is 13.9. The van der Waals surface area contributed by atoms with Crippen LogP contribution in [0.2, 0.25) is 0 Å². The van der Waals surface area contributed by atoms with Gasteiger partial charge >= 0.3 is 0 Å². The van der Waals surface area contributed by atoms with Crippen molar-refractivity contribution in [1.82, 2.24) is 9.78 Å². The second kappa shape index (κ2) is 8.67. The van der Waals surface area contributed by atoms with Gasteiger partial charge in [0.2, 0.25) is 0 Å². The number of rotatable bonds is 8. The van der Waals surface area contributed by atoms with Crippen LogP contribution in [0.5, 0.6) is 0 Å². The third kappa shape index (κ3) is 5.25. The number of nitrogens with one attached hydrogen (secondary N) is 1. The Bertz CT molecular complexity index is 598. The maximum Gasteiger partial charge on any atom is 0.251 e. The molecule has 0 bridgehead atoms. The van der Waals surface area contributed by atoms with Crippen molar-refractivity contribution in [2.75, 3.05) is 32.2 Å². The second-order valence-electron chi connectivity index (χ2n) is 4.59. The van der Waals surface area contributed by atoms with Crippen LogP contribution >= 0.6 is 15.9 Å². The summed E-state index contributed by atoms with van der Waals surface area (Å²) in [6, 6.07) is 9.71. The number of halogens is 1. The van der Waals surface area contributed by atoms with Gasteiger partial charge in [0.05, 0.1) is 26.0 Å². The Hall–Kier alpha value is -1.70. The highest BCUT2D eigenvalue weighted by atomic mass is 79.9. The topological polar surface area (TPSA) is 65.4 Å². The first-order valence-corrected chi connectivity index (χ1v) is 7.61. The average molecular weight is 368 g/mol. The van der Waals surface area contributed by atoms with E-state index in [1.807, 2.05) is 24.3 Å². The predicted octanol–water partition coefficient (Wildman–Crippen LogP) is 2.30. The maximum atomic E-state index is 11.8. The van der Waals surface area contributed by atoms with E-state index in [9.17, 15) is 4.79 Å². The van der Waals surface area contributed by atoms with Gasteiger partial charge < -0.3 is 14.8 Å². The van der Waals surface area contributed by atoms with Gasteiger partial charge in [-0.15, -0.1) is 0 Å². The normalized spacial score (nSPS) is 10.6. The molecule has 0 fully saturated rings. The van der Waals surface area contributed by atoms with Crippen molar-refractivity contribution in [2.24, 2.45) is 0 Å². The summed E-state index contributed by atoms with van der Waals surface area (Å²) in [7, 11) is 1.59. The van der Waals surface area contributed by atoms with Crippen molar-refractivity contribution < 1.29 is 14.3 Å². The van der Waals surface area contributed by atoms with E-state index in [2.05, 4.69) is 26.3 Å². The van der Waals surface area contributed by atoms with E-state index in [1.165, 1.54) is 0 Å². The van der Waals surface area contributed by atoms with Crippen LogP contribution < -0.4 is 5.32 Å². The molecule has 0 saturated heterocycles. The molecule has 6 nitrogen and oxygen atoms in total. The SMILES string of the molecule is COCCOCC(=O)Nc1ccnn1Cc1ccc(Br)cc1. The molecule has 1 heterocycles. The molecule has 0 aliphatic carbocycles. The van der Waals surface area contributed by atoms with Gasteiger partial charge in [-0.2, -0.15) is 5.10 Å². The minimum Gasteiger partial charge on any atom is -0.382 e. The molecule has 2 rings (SSSR count). The number of aromatic nitrogens is 2. The van der Waals surface area contributed by atoms with Crippen molar-refractivity contribution >= 4 is 27.7 Å². The van der Waals surface area contributed by atoms with Crippen molar-refractivity contribution in [3.05, 3.63) is 46.6 Å². The van der Waals surface area contributed by atoms with Gasteiger partial charge in [-0.3, -0.25) is 4.79 Å². The number of amides is 1. The van der Waals surface area contributed by atoms with Crippen LogP contribution in [0.4, 0.5) is 5.82 Å². The van der Waals surface area contributed by atoms with Gasteiger partial charge in [-0.1, -0.05) is 28.1 Å². The van der Waals surface area contributed by atoms with Gasteiger partial charge in [-0.25, -0.2) is 4.68 Å². The van der Waals surface area contributed by atoms with Crippen LogP contribution in [-0.4, -0.2) is 42.6 Å².